The van der Waals surface area contributed by atoms with Gasteiger partial charge in [0.05, 0.1) is 5.39 Å². The number of carbonyl (C=O) groups is 2. The van der Waals surface area contributed by atoms with E-state index >= 15 is 0 Å². The smallest absolute Gasteiger partial charge is 0.278 e. The van der Waals surface area contributed by atoms with Gasteiger partial charge in [-0.1, -0.05) is 17.3 Å². The molecule has 3 N–H and O–H groups in total. The van der Waals surface area contributed by atoms with Crippen LogP contribution in [0.5, 0.6) is 0 Å². The maximum absolute atomic E-state index is 12.6. The number of hydrogen-bond donors (Lipinski definition) is 2. The quantitative estimate of drug-likeness (QED) is 0.700. The van der Waals surface area contributed by atoms with Gasteiger partial charge in [0.1, 0.15) is 11.6 Å². The summed E-state index contributed by atoms with van der Waals surface area (Å²) in [6.45, 7) is 0.188. The average Bonchev–Trinajstić information content (AvgIpc) is 2.48. The number of hydrogen-bond acceptors (Lipinski definition) is 6. The molecule has 1 aromatic carbocycles. The van der Waals surface area contributed by atoms with Crippen molar-refractivity contribution in [2.45, 2.75) is 25.4 Å². The summed E-state index contributed by atoms with van der Waals surface area (Å²) in [7, 11) is 0. The first-order chi connectivity index (χ1) is 10.1. The second-order valence-corrected chi connectivity index (χ2v) is 4.82. The minimum atomic E-state index is -0.821. The largest absolute Gasteiger partial charge is 0.326 e. The maximum Gasteiger partial charge on any atom is 0.278 e. The van der Waals surface area contributed by atoms with Crippen LogP contribution >= 0.6 is 0 Å². The number of nitrogens with one attached hydrogen (secondary N) is 1. The van der Waals surface area contributed by atoms with E-state index in [-0.39, 0.29) is 25.3 Å². The normalized spacial score (nSPS) is 18.8. The Morgan fingerprint density at radius 2 is 2.14 bits per heavy atom. The standard InChI is InChI=1S/C13H13N5O3/c14-6-7-2-1-3-8-11(7)13(21)18(17-16-8)9-4-5-10(19)15-12(9)20/h1-3,9H,4-6,14H2,(H,15,19,20). The van der Waals surface area contributed by atoms with Crippen molar-refractivity contribution in [3.05, 3.63) is 34.1 Å². The average molecular weight is 287 g/mol. The molecule has 1 aromatic heterocycles. The lowest BCUT2D eigenvalue weighted by Crippen LogP contribution is -2.45. The van der Waals surface area contributed by atoms with Crippen molar-refractivity contribution in [1.82, 2.24) is 20.3 Å². The number of aromatic nitrogens is 3. The summed E-state index contributed by atoms with van der Waals surface area (Å²) in [4.78, 5) is 35.6. The first kappa shape index (κ1) is 13.4. The maximum atomic E-state index is 12.6. The van der Waals surface area contributed by atoms with Crippen LogP contribution in [0.2, 0.25) is 0 Å². The molecule has 0 saturated carbocycles. The first-order valence-electron chi connectivity index (χ1n) is 6.52. The fourth-order valence-electron chi connectivity index (χ4n) is 2.46. The van der Waals surface area contributed by atoms with E-state index in [2.05, 4.69) is 15.6 Å². The van der Waals surface area contributed by atoms with E-state index in [0.29, 0.717) is 16.5 Å². The number of nitrogens with zero attached hydrogens (tertiary/aromatic N) is 3. The summed E-state index contributed by atoms with van der Waals surface area (Å²) < 4.78 is 1.03. The predicted molar refractivity (Wildman–Crippen MR) is 73.1 cm³/mol. The van der Waals surface area contributed by atoms with Crippen LogP contribution in [-0.4, -0.2) is 26.8 Å². The number of nitrogens with two attached hydrogens (primary N) is 1. The van der Waals surface area contributed by atoms with Crippen LogP contribution in [0.3, 0.4) is 0 Å². The molecule has 0 aliphatic carbocycles. The zero-order valence-corrected chi connectivity index (χ0v) is 11.1. The molecular formula is C13H13N5O3. The number of fused-ring (bicyclic) bond motifs is 1. The van der Waals surface area contributed by atoms with Crippen LogP contribution in [0.4, 0.5) is 0 Å². The number of rotatable bonds is 2. The molecule has 2 amide bonds. The van der Waals surface area contributed by atoms with Gasteiger partial charge in [-0.25, -0.2) is 0 Å². The fraction of sp³-hybridized carbons (Fsp3) is 0.308. The van der Waals surface area contributed by atoms with Crippen molar-refractivity contribution in [2.75, 3.05) is 0 Å². The van der Waals surface area contributed by atoms with Gasteiger partial charge in [0.2, 0.25) is 5.91 Å². The minimum Gasteiger partial charge on any atom is -0.326 e. The summed E-state index contributed by atoms with van der Waals surface area (Å²) in [5.41, 5.74) is 6.30. The lowest BCUT2D eigenvalue weighted by Gasteiger charge is -2.21. The molecule has 2 heterocycles. The molecule has 0 radical (unpaired) electrons. The Kier molecular flexibility index (Phi) is 3.22. The van der Waals surface area contributed by atoms with Crippen molar-refractivity contribution < 1.29 is 9.59 Å². The minimum absolute atomic E-state index is 0.168. The number of piperidine rings is 1. The van der Waals surface area contributed by atoms with Crippen molar-refractivity contribution in [3.8, 4) is 0 Å². The van der Waals surface area contributed by atoms with Crippen molar-refractivity contribution in [2.24, 2.45) is 5.73 Å². The highest BCUT2D eigenvalue weighted by Crippen LogP contribution is 2.17. The third-order valence-corrected chi connectivity index (χ3v) is 3.52. The van der Waals surface area contributed by atoms with Gasteiger partial charge in [0, 0.05) is 13.0 Å². The Labute approximate surface area is 118 Å². The van der Waals surface area contributed by atoms with E-state index in [9.17, 15) is 14.4 Å². The molecule has 2 aromatic rings. The highest BCUT2D eigenvalue weighted by molar-refractivity contribution is 5.99. The van der Waals surface area contributed by atoms with Gasteiger partial charge >= 0.3 is 0 Å². The zero-order chi connectivity index (χ0) is 15.0. The van der Waals surface area contributed by atoms with Crippen LogP contribution in [-0.2, 0) is 16.1 Å². The summed E-state index contributed by atoms with van der Waals surface area (Å²) >= 11 is 0. The molecule has 1 saturated heterocycles. The lowest BCUT2D eigenvalue weighted by molar-refractivity contribution is -0.136. The molecule has 108 valence electrons. The second-order valence-electron chi connectivity index (χ2n) is 4.82. The Bertz CT molecular complexity index is 798. The first-order valence-corrected chi connectivity index (χ1v) is 6.52. The van der Waals surface area contributed by atoms with Gasteiger partial charge in [-0.3, -0.25) is 19.7 Å². The third-order valence-electron chi connectivity index (χ3n) is 3.52. The number of benzene rings is 1. The SMILES string of the molecule is NCc1cccc2nnn(C3CCC(=O)NC3=O)c(=O)c12. The summed E-state index contributed by atoms with van der Waals surface area (Å²) in [6.07, 6.45) is 0.399. The zero-order valence-electron chi connectivity index (χ0n) is 11.1. The molecule has 1 unspecified atom stereocenters. The predicted octanol–water partition coefficient (Wildman–Crippen LogP) is -0.772. The van der Waals surface area contributed by atoms with Gasteiger partial charge in [0.25, 0.3) is 11.5 Å². The van der Waals surface area contributed by atoms with E-state index in [1.165, 1.54) is 0 Å². The number of carbonyl (C=O) groups excluding carboxylic acids is 2. The molecule has 1 aliphatic heterocycles. The van der Waals surface area contributed by atoms with E-state index in [1.807, 2.05) is 0 Å². The highest BCUT2D eigenvalue weighted by Gasteiger charge is 2.30. The molecule has 3 rings (SSSR count). The van der Waals surface area contributed by atoms with E-state index < -0.39 is 17.5 Å². The van der Waals surface area contributed by atoms with Crippen LogP contribution in [0.25, 0.3) is 10.9 Å². The third kappa shape index (κ3) is 2.19. The van der Waals surface area contributed by atoms with Gasteiger partial charge < -0.3 is 5.73 Å². The van der Waals surface area contributed by atoms with Gasteiger partial charge in [-0.2, -0.15) is 4.68 Å². The summed E-state index contributed by atoms with van der Waals surface area (Å²) in [5.74, 6) is -0.882. The van der Waals surface area contributed by atoms with Crippen LogP contribution in [0, 0.1) is 0 Å². The Balaban J connectivity index is 2.16. The van der Waals surface area contributed by atoms with E-state index in [0.717, 1.165) is 4.68 Å². The molecule has 8 nitrogen and oxygen atoms in total. The Hall–Kier alpha value is -2.61. The van der Waals surface area contributed by atoms with Crippen LogP contribution in [0.15, 0.2) is 23.0 Å². The van der Waals surface area contributed by atoms with E-state index in [4.69, 9.17) is 5.73 Å². The molecule has 0 bridgehead atoms. The molecule has 1 atom stereocenters. The Morgan fingerprint density at radius 1 is 1.33 bits per heavy atom. The van der Waals surface area contributed by atoms with Crippen molar-refractivity contribution >= 4 is 22.7 Å². The number of imide groups is 1. The molecule has 1 aliphatic rings. The van der Waals surface area contributed by atoms with Crippen molar-refractivity contribution in [3.63, 3.8) is 0 Å². The topological polar surface area (TPSA) is 120 Å². The van der Waals surface area contributed by atoms with Crippen LogP contribution in [0.1, 0.15) is 24.4 Å². The molecule has 21 heavy (non-hydrogen) atoms. The van der Waals surface area contributed by atoms with Gasteiger partial charge in [-0.05, 0) is 18.1 Å². The second kappa shape index (κ2) is 5.06. The highest BCUT2D eigenvalue weighted by atomic mass is 16.2. The fourth-order valence-corrected chi connectivity index (χ4v) is 2.46. The van der Waals surface area contributed by atoms with Crippen LogP contribution < -0.4 is 16.6 Å². The van der Waals surface area contributed by atoms with Crippen molar-refractivity contribution in [1.29, 1.82) is 0 Å². The summed E-state index contributed by atoms with van der Waals surface area (Å²) in [5, 5.41) is 10.4. The Morgan fingerprint density at radius 3 is 2.86 bits per heavy atom. The molecule has 1 fully saturated rings. The van der Waals surface area contributed by atoms with Gasteiger partial charge in [-0.15, -0.1) is 5.10 Å². The molecular weight excluding hydrogens is 274 g/mol. The van der Waals surface area contributed by atoms with Gasteiger partial charge in [0.15, 0.2) is 0 Å². The molecule has 8 heteroatoms. The summed E-state index contributed by atoms with van der Waals surface area (Å²) in [6, 6.07) is 4.32. The monoisotopic (exact) mass is 287 g/mol. The number of amides is 2. The van der Waals surface area contributed by atoms with E-state index in [1.54, 1.807) is 18.2 Å². The lowest BCUT2D eigenvalue weighted by atomic mass is 10.1. The molecule has 0 spiro atoms.